The molecule has 1 saturated heterocycles. The Hall–Kier alpha value is -0.810. The summed E-state index contributed by atoms with van der Waals surface area (Å²) in [5, 5.41) is 12.9. The lowest BCUT2D eigenvalue weighted by atomic mass is 9.60. The molecule has 0 aromatic carbocycles. The number of carbonyl (C=O) groups is 1. The lowest BCUT2D eigenvalue weighted by Gasteiger charge is -2.50. The minimum absolute atomic E-state index is 0.0185. The summed E-state index contributed by atoms with van der Waals surface area (Å²) in [6.45, 7) is 7.19. The Kier molecular flexibility index (Phi) is 5.15. The van der Waals surface area contributed by atoms with Gasteiger partial charge in [-0.05, 0) is 52.4 Å². The van der Waals surface area contributed by atoms with Crippen molar-refractivity contribution in [1.82, 2.24) is 5.32 Å². The summed E-state index contributed by atoms with van der Waals surface area (Å²) in [4.78, 5) is 12.2. The number of alkyl carbamates (subject to hydrolysis) is 1. The van der Waals surface area contributed by atoms with Crippen LogP contribution in [0.25, 0.3) is 0 Å². The van der Waals surface area contributed by atoms with E-state index < -0.39 is 5.60 Å². The number of amides is 1. The molecule has 2 fully saturated rings. The van der Waals surface area contributed by atoms with Gasteiger partial charge in [0.05, 0.1) is 6.61 Å². The number of carbonyl (C=O) groups excluding carboxylic acids is 1. The number of aliphatic hydroxyl groups excluding tert-OH is 1. The fourth-order valence-corrected chi connectivity index (χ4v) is 3.45. The van der Waals surface area contributed by atoms with Crippen LogP contribution in [0.3, 0.4) is 0 Å². The predicted molar refractivity (Wildman–Crippen MR) is 80.1 cm³/mol. The van der Waals surface area contributed by atoms with Gasteiger partial charge < -0.3 is 19.9 Å². The van der Waals surface area contributed by atoms with Gasteiger partial charge in [-0.15, -0.1) is 0 Å². The number of ether oxygens (including phenoxy) is 2. The average molecular weight is 299 g/mol. The van der Waals surface area contributed by atoms with Crippen molar-refractivity contribution in [2.75, 3.05) is 19.8 Å². The fraction of sp³-hybridized carbons (Fsp3) is 0.938. The maximum Gasteiger partial charge on any atom is 0.407 e. The van der Waals surface area contributed by atoms with E-state index in [1.165, 1.54) is 0 Å². The van der Waals surface area contributed by atoms with Crippen LogP contribution in [0.5, 0.6) is 0 Å². The molecule has 0 aromatic heterocycles. The molecule has 1 unspecified atom stereocenters. The van der Waals surface area contributed by atoms with Crippen molar-refractivity contribution in [2.45, 2.75) is 64.5 Å². The van der Waals surface area contributed by atoms with E-state index in [0.717, 1.165) is 45.3 Å². The standard InChI is InChI=1S/C16H29NO4/c1-15(2,3)21-14(19)17-13(12-5-9-20-10-6-12)16(11-18)7-4-8-16/h12-13,18H,4-11H2,1-3H3,(H,17,19). The average Bonchev–Trinajstić information content (AvgIpc) is 2.36. The van der Waals surface area contributed by atoms with Gasteiger partial charge in [0.1, 0.15) is 5.60 Å². The molecule has 2 rings (SSSR count). The van der Waals surface area contributed by atoms with E-state index in [1.54, 1.807) is 0 Å². The highest BCUT2D eigenvalue weighted by Gasteiger charge is 2.48. The summed E-state index contributed by atoms with van der Waals surface area (Å²) in [6.07, 6.45) is 4.56. The van der Waals surface area contributed by atoms with Crippen LogP contribution in [-0.4, -0.2) is 42.7 Å². The molecule has 1 heterocycles. The van der Waals surface area contributed by atoms with Crippen molar-refractivity contribution >= 4 is 6.09 Å². The van der Waals surface area contributed by atoms with Gasteiger partial charge in [0.15, 0.2) is 0 Å². The summed E-state index contributed by atoms with van der Waals surface area (Å²) in [7, 11) is 0. The molecule has 0 bridgehead atoms. The number of hydrogen-bond donors (Lipinski definition) is 2. The second-order valence-corrected chi connectivity index (χ2v) is 7.45. The molecule has 1 aliphatic carbocycles. The molecule has 1 atom stereocenters. The topological polar surface area (TPSA) is 67.8 Å². The highest BCUT2D eigenvalue weighted by Crippen LogP contribution is 2.47. The Morgan fingerprint density at radius 2 is 2.00 bits per heavy atom. The van der Waals surface area contributed by atoms with Crippen LogP contribution in [0, 0.1) is 11.3 Å². The zero-order valence-corrected chi connectivity index (χ0v) is 13.5. The SMILES string of the molecule is CC(C)(C)OC(=O)NC(C1CCOCC1)C1(CO)CCC1. The lowest BCUT2D eigenvalue weighted by Crippen LogP contribution is -2.58. The van der Waals surface area contributed by atoms with Crippen molar-refractivity contribution in [1.29, 1.82) is 0 Å². The third-order valence-corrected chi connectivity index (χ3v) is 4.73. The Labute approximate surface area is 127 Å². The Bertz CT molecular complexity index is 348. The molecule has 21 heavy (non-hydrogen) atoms. The highest BCUT2D eigenvalue weighted by molar-refractivity contribution is 5.68. The quantitative estimate of drug-likeness (QED) is 0.837. The van der Waals surface area contributed by atoms with Crippen LogP contribution in [0.4, 0.5) is 4.79 Å². The van der Waals surface area contributed by atoms with Gasteiger partial charge in [0, 0.05) is 24.7 Å². The number of nitrogens with one attached hydrogen (secondary N) is 1. The largest absolute Gasteiger partial charge is 0.444 e. The van der Waals surface area contributed by atoms with Crippen LogP contribution < -0.4 is 5.32 Å². The van der Waals surface area contributed by atoms with E-state index in [1.807, 2.05) is 20.8 Å². The van der Waals surface area contributed by atoms with Gasteiger partial charge in [-0.1, -0.05) is 6.42 Å². The summed E-state index contributed by atoms with van der Waals surface area (Å²) >= 11 is 0. The maximum absolute atomic E-state index is 12.2. The van der Waals surface area contributed by atoms with Crippen molar-refractivity contribution in [3.8, 4) is 0 Å². The summed E-state index contributed by atoms with van der Waals surface area (Å²) in [5.41, 5.74) is -0.671. The fourth-order valence-electron chi connectivity index (χ4n) is 3.45. The molecular formula is C16H29NO4. The molecular weight excluding hydrogens is 270 g/mol. The molecule has 1 saturated carbocycles. The third-order valence-electron chi connectivity index (χ3n) is 4.73. The molecule has 2 aliphatic rings. The molecule has 1 aliphatic heterocycles. The van der Waals surface area contributed by atoms with E-state index in [-0.39, 0.29) is 24.2 Å². The summed E-state index contributed by atoms with van der Waals surface area (Å²) in [6, 6.07) is -0.0185. The zero-order chi connectivity index (χ0) is 15.5. The maximum atomic E-state index is 12.2. The molecule has 5 heteroatoms. The minimum atomic E-state index is -0.504. The first-order chi connectivity index (χ1) is 9.86. The van der Waals surface area contributed by atoms with Crippen molar-refractivity contribution < 1.29 is 19.4 Å². The van der Waals surface area contributed by atoms with Crippen LogP contribution in [-0.2, 0) is 9.47 Å². The molecule has 122 valence electrons. The molecule has 1 amide bonds. The van der Waals surface area contributed by atoms with Crippen LogP contribution >= 0.6 is 0 Å². The normalized spacial score (nSPS) is 24.0. The van der Waals surface area contributed by atoms with E-state index in [4.69, 9.17) is 9.47 Å². The van der Waals surface area contributed by atoms with Crippen LogP contribution in [0.1, 0.15) is 52.9 Å². The van der Waals surface area contributed by atoms with Crippen molar-refractivity contribution in [2.24, 2.45) is 11.3 Å². The molecule has 5 nitrogen and oxygen atoms in total. The minimum Gasteiger partial charge on any atom is -0.444 e. The Morgan fingerprint density at radius 3 is 2.43 bits per heavy atom. The smallest absolute Gasteiger partial charge is 0.407 e. The third kappa shape index (κ3) is 4.10. The summed E-state index contributed by atoms with van der Waals surface area (Å²) < 4.78 is 10.8. The first-order valence-corrected chi connectivity index (χ1v) is 8.04. The van der Waals surface area contributed by atoms with E-state index in [2.05, 4.69) is 5.32 Å². The zero-order valence-electron chi connectivity index (χ0n) is 13.5. The Balaban J connectivity index is 2.06. The summed E-state index contributed by atoms with van der Waals surface area (Å²) in [5.74, 6) is 0.360. The number of rotatable bonds is 4. The molecule has 0 aromatic rings. The first-order valence-electron chi connectivity index (χ1n) is 8.04. The monoisotopic (exact) mass is 299 g/mol. The van der Waals surface area contributed by atoms with Gasteiger partial charge in [-0.3, -0.25) is 0 Å². The van der Waals surface area contributed by atoms with Crippen LogP contribution in [0.2, 0.25) is 0 Å². The van der Waals surface area contributed by atoms with E-state index >= 15 is 0 Å². The van der Waals surface area contributed by atoms with E-state index in [0.29, 0.717) is 5.92 Å². The van der Waals surface area contributed by atoms with Gasteiger partial charge in [-0.2, -0.15) is 0 Å². The van der Waals surface area contributed by atoms with Crippen LogP contribution in [0.15, 0.2) is 0 Å². The number of aliphatic hydroxyl groups is 1. The first kappa shape index (κ1) is 16.6. The molecule has 2 N–H and O–H groups in total. The van der Waals surface area contributed by atoms with Gasteiger partial charge in [0.25, 0.3) is 0 Å². The van der Waals surface area contributed by atoms with Gasteiger partial charge in [0.2, 0.25) is 0 Å². The second kappa shape index (κ2) is 6.53. The van der Waals surface area contributed by atoms with Crippen molar-refractivity contribution in [3.05, 3.63) is 0 Å². The Morgan fingerprint density at radius 1 is 1.38 bits per heavy atom. The predicted octanol–water partition coefficient (Wildman–Crippen LogP) is 2.47. The number of hydrogen-bond acceptors (Lipinski definition) is 4. The van der Waals surface area contributed by atoms with Gasteiger partial charge >= 0.3 is 6.09 Å². The highest BCUT2D eigenvalue weighted by atomic mass is 16.6. The molecule has 0 radical (unpaired) electrons. The second-order valence-electron chi connectivity index (χ2n) is 7.45. The van der Waals surface area contributed by atoms with E-state index in [9.17, 15) is 9.90 Å². The lowest BCUT2D eigenvalue weighted by molar-refractivity contribution is -0.0436. The molecule has 0 spiro atoms. The van der Waals surface area contributed by atoms with Gasteiger partial charge in [-0.25, -0.2) is 4.79 Å². The van der Waals surface area contributed by atoms with Crippen molar-refractivity contribution in [3.63, 3.8) is 0 Å².